The Morgan fingerprint density at radius 1 is 1.07 bits per heavy atom. The Bertz CT molecular complexity index is 1070. The number of esters is 1. The summed E-state index contributed by atoms with van der Waals surface area (Å²) in [6.07, 6.45) is 0.681. The highest BCUT2D eigenvalue weighted by atomic mass is 16.5. The van der Waals surface area contributed by atoms with Crippen molar-refractivity contribution < 1.29 is 9.53 Å². The number of benzene rings is 2. The van der Waals surface area contributed by atoms with E-state index in [0.29, 0.717) is 24.1 Å². The number of nitrogen functional groups attached to an aromatic ring is 2. The summed E-state index contributed by atoms with van der Waals surface area (Å²) in [7, 11) is 1.36. The number of hydrogen-bond acceptors (Lipinski definition) is 5. The first-order chi connectivity index (χ1) is 13.9. The standard InChI is InChI=1S/C21H24N6O2/c1-29-18(28)11-26-9-8-16-15-7-6-14(21(24)25)10-17(15)27-19(16)12-2-4-13(5-3-12)20(22)23/h2-7,10,26-27H,8-9,11H2,1H3,(H3,22,23)(H3,24,25). The molecule has 0 saturated heterocycles. The van der Waals surface area contributed by atoms with Gasteiger partial charge in [0.2, 0.25) is 0 Å². The predicted molar refractivity (Wildman–Crippen MR) is 114 cm³/mol. The van der Waals surface area contributed by atoms with Gasteiger partial charge in [0.25, 0.3) is 0 Å². The minimum absolute atomic E-state index is 0.00940. The molecule has 3 aromatic rings. The number of ether oxygens (including phenoxy) is 1. The van der Waals surface area contributed by atoms with Crippen LogP contribution in [0, 0.1) is 10.8 Å². The molecule has 0 bridgehead atoms. The van der Waals surface area contributed by atoms with Gasteiger partial charge in [-0.2, -0.15) is 0 Å². The highest BCUT2D eigenvalue weighted by Gasteiger charge is 2.14. The van der Waals surface area contributed by atoms with Gasteiger partial charge >= 0.3 is 5.97 Å². The summed E-state index contributed by atoms with van der Waals surface area (Å²) in [5.41, 5.74) is 16.3. The maximum absolute atomic E-state index is 11.3. The SMILES string of the molecule is COC(=O)CNCCc1c(-c2ccc(C(=N)N)cc2)[nH]c2cc(C(=N)N)ccc12. The lowest BCUT2D eigenvalue weighted by Gasteiger charge is -2.08. The van der Waals surface area contributed by atoms with Gasteiger partial charge in [0.15, 0.2) is 0 Å². The molecular weight excluding hydrogens is 368 g/mol. The molecule has 0 saturated carbocycles. The second-order valence-corrected chi connectivity index (χ2v) is 6.65. The maximum atomic E-state index is 11.3. The van der Waals surface area contributed by atoms with Crippen molar-refractivity contribution >= 4 is 28.5 Å². The van der Waals surface area contributed by atoms with Gasteiger partial charge in [-0.25, -0.2) is 0 Å². The summed E-state index contributed by atoms with van der Waals surface area (Å²) in [5.74, 6) is -0.281. The molecule has 0 fully saturated rings. The number of nitrogens with two attached hydrogens (primary N) is 2. The van der Waals surface area contributed by atoms with Crippen LogP contribution in [0.25, 0.3) is 22.2 Å². The third kappa shape index (κ3) is 4.44. The third-order valence-electron chi connectivity index (χ3n) is 4.75. The molecule has 0 aliphatic rings. The van der Waals surface area contributed by atoms with Gasteiger partial charge < -0.3 is 26.5 Å². The van der Waals surface area contributed by atoms with E-state index < -0.39 is 0 Å². The number of carbonyl (C=O) groups excluding carboxylic acids is 1. The van der Waals surface area contributed by atoms with Crippen LogP contribution in [-0.2, 0) is 16.0 Å². The Morgan fingerprint density at radius 2 is 1.72 bits per heavy atom. The highest BCUT2D eigenvalue weighted by molar-refractivity contribution is 6.01. The van der Waals surface area contributed by atoms with E-state index in [1.807, 2.05) is 42.5 Å². The van der Waals surface area contributed by atoms with E-state index in [1.54, 1.807) is 0 Å². The Balaban J connectivity index is 1.98. The predicted octanol–water partition coefficient (Wildman–Crippen LogP) is 1.71. The van der Waals surface area contributed by atoms with Gasteiger partial charge in [0.1, 0.15) is 11.7 Å². The Labute approximate surface area is 168 Å². The highest BCUT2D eigenvalue weighted by Crippen LogP contribution is 2.31. The van der Waals surface area contributed by atoms with Crippen molar-refractivity contribution in [1.82, 2.24) is 10.3 Å². The maximum Gasteiger partial charge on any atom is 0.319 e. The van der Waals surface area contributed by atoms with Crippen molar-refractivity contribution in [3.8, 4) is 11.3 Å². The molecule has 0 aliphatic carbocycles. The summed E-state index contributed by atoms with van der Waals surface area (Å²) < 4.78 is 4.65. The number of aromatic nitrogens is 1. The second-order valence-electron chi connectivity index (χ2n) is 6.65. The first-order valence-corrected chi connectivity index (χ1v) is 9.12. The summed E-state index contributed by atoms with van der Waals surface area (Å²) in [6.45, 7) is 0.741. The van der Waals surface area contributed by atoms with Crippen LogP contribution in [0.15, 0.2) is 42.5 Å². The zero-order chi connectivity index (χ0) is 21.0. The first kappa shape index (κ1) is 20.1. The molecule has 0 spiro atoms. The van der Waals surface area contributed by atoms with Crippen LogP contribution in [0.2, 0.25) is 0 Å². The van der Waals surface area contributed by atoms with Crippen LogP contribution in [-0.4, -0.2) is 42.8 Å². The number of rotatable bonds is 8. The van der Waals surface area contributed by atoms with E-state index in [0.717, 1.165) is 27.7 Å². The first-order valence-electron chi connectivity index (χ1n) is 9.12. The van der Waals surface area contributed by atoms with Crippen LogP contribution in [0.1, 0.15) is 16.7 Å². The lowest BCUT2D eigenvalue weighted by molar-refractivity contribution is -0.139. The van der Waals surface area contributed by atoms with Crippen molar-refractivity contribution in [2.75, 3.05) is 20.2 Å². The van der Waals surface area contributed by atoms with Gasteiger partial charge in [-0.3, -0.25) is 15.6 Å². The average molecular weight is 392 g/mol. The van der Waals surface area contributed by atoms with Gasteiger partial charge in [-0.15, -0.1) is 0 Å². The molecule has 0 radical (unpaired) electrons. The van der Waals surface area contributed by atoms with Crippen molar-refractivity contribution in [3.05, 3.63) is 59.2 Å². The van der Waals surface area contributed by atoms with Crippen LogP contribution in [0.3, 0.4) is 0 Å². The molecule has 3 rings (SSSR count). The molecule has 150 valence electrons. The second kappa shape index (κ2) is 8.57. The van der Waals surface area contributed by atoms with Crippen LogP contribution in [0.4, 0.5) is 0 Å². The fourth-order valence-electron chi connectivity index (χ4n) is 3.22. The summed E-state index contributed by atoms with van der Waals surface area (Å²) in [5, 5.41) is 19.3. The summed E-state index contributed by atoms with van der Waals surface area (Å²) in [6, 6.07) is 13.1. The number of H-pyrrole nitrogens is 1. The topological polar surface area (TPSA) is 154 Å². The number of methoxy groups -OCH3 is 1. The largest absolute Gasteiger partial charge is 0.468 e. The Kier molecular flexibility index (Phi) is 5.94. The number of amidine groups is 2. The number of aromatic amines is 1. The minimum atomic E-state index is -0.310. The van der Waals surface area contributed by atoms with Crippen molar-refractivity contribution in [2.45, 2.75) is 6.42 Å². The van der Waals surface area contributed by atoms with E-state index >= 15 is 0 Å². The molecular formula is C21H24N6O2. The zero-order valence-electron chi connectivity index (χ0n) is 16.1. The number of carbonyl (C=O) groups is 1. The molecule has 1 heterocycles. The molecule has 8 nitrogen and oxygen atoms in total. The third-order valence-corrected chi connectivity index (χ3v) is 4.75. The summed E-state index contributed by atoms with van der Waals surface area (Å²) in [4.78, 5) is 14.7. The van der Waals surface area contributed by atoms with Crippen LogP contribution >= 0.6 is 0 Å². The monoisotopic (exact) mass is 392 g/mol. The molecule has 0 aliphatic heterocycles. The molecule has 0 unspecified atom stereocenters. The van der Waals surface area contributed by atoms with Crippen molar-refractivity contribution in [1.29, 1.82) is 10.8 Å². The quantitative estimate of drug-likeness (QED) is 0.149. The normalized spacial score (nSPS) is 10.8. The Hall–Kier alpha value is -3.65. The fraction of sp³-hybridized carbons (Fsp3) is 0.190. The van der Waals surface area contributed by atoms with Crippen molar-refractivity contribution in [2.24, 2.45) is 11.5 Å². The molecule has 0 amide bonds. The fourth-order valence-corrected chi connectivity index (χ4v) is 3.22. The number of hydrogen-bond donors (Lipinski definition) is 6. The number of fused-ring (bicyclic) bond motifs is 1. The molecule has 8 N–H and O–H groups in total. The molecule has 1 aromatic heterocycles. The van der Waals surface area contributed by atoms with E-state index in [-0.39, 0.29) is 24.2 Å². The lowest BCUT2D eigenvalue weighted by atomic mass is 10.0. The Morgan fingerprint density at radius 3 is 2.34 bits per heavy atom. The van der Waals surface area contributed by atoms with E-state index in [4.69, 9.17) is 22.3 Å². The average Bonchev–Trinajstić information content (AvgIpc) is 3.08. The van der Waals surface area contributed by atoms with Crippen LogP contribution in [0.5, 0.6) is 0 Å². The van der Waals surface area contributed by atoms with E-state index in [1.165, 1.54) is 7.11 Å². The number of nitrogens with one attached hydrogen (secondary N) is 4. The van der Waals surface area contributed by atoms with Gasteiger partial charge in [0, 0.05) is 27.7 Å². The van der Waals surface area contributed by atoms with Gasteiger partial charge in [-0.1, -0.05) is 36.4 Å². The van der Waals surface area contributed by atoms with Gasteiger partial charge in [0.05, 0.1) is 13.7 Å². The van der Waals surface area contributed by atoms with E-state index in [9.17, 15) is 4.79 Å². The zero-order valence-corrected chi connectivity index (χ0v) is 16.1. The van der Waals surface area contributed by atoms with E-state index in [2.05, 4.69) is 15.0 Å². The minimum Gasteiger partial charge on any atom is -0.468 e. The van der Waals surface area contributed by atoms with Gasteiger partial charge in [-0.05, 0) is 30.2 Å². The van der Waals surface area contributed by atoms with Crippen molar-refractivity contribution in [3.63, 3.8) is 0 Å². The summed E-state index contributed by atoms with van der Waals surface area (Å²) >= 11 is 0. The molecule has 8 heteroatoms. The van der Waals surface area contributed by atoms with Crippen LogP contribution < -0.4 is 16.8 Å². The smallest absolute Gasteiger partial charge is 0.319 e. The molecule has 0 atom stereocenters. The molecule has 2 aromatic carbocycles. The molecule has 29 heavy (non-hydrogen) atoms. The lowest BCUT2D eigenvalue weighted by Crippen LogP contribution is -2.25.